The third kappa shape index (κ3) is 3.36. The van der Waals surface area contributed by atoms with Crippen molar-refractivity contribution in [1.29, 1.82) is 0 Å². The van der Waals surface area contributed by atoms with E-state index >= 15 is 0 Å². The first-order valence-electron chi connectivity index (χ1n) is 5.89. The Morgan fingerprint density at radius 1 is 1.11 bits per heavy atom. The number of carbonyl (C=O) groups is 1. The number of urea groups is 1. The van der Waals surface area contributed by atoms with E-state index in [4.69, 9.17) is 6.42 Å². The van der Waals surface area contributed by atoms with Gasteiger partial charge in [-0.15, -0.1) is 6.42 Å². The van der Waals surface area contributed by atoms with Crippen LogP contribution in [-0.2, 0) is 0 Å². The fourth-order valence-electron chi connectivity index (χ4n) is 1.69. The van der Waals surface area contributed by atoms with E-state index in [1.54, 1.807) is 6.07 Å². The van der Waals surface area contributed by atoms with E-state index in [1.165, 1.54) is 0 Å². The van der Waals surface area contributed by atoms with Crippen molar-refractivity contribution in [3.63, 3.8) is 0 Å². The molecule has 0 radical (unpaired) electrons. The minimum atomic E-state index is -0.313. The molecule has 0 bridgehead atoms. The summed E-state index contributed by atoms with van der Waals surface area (Å²) < 4.78 is 0. The minimum Gasteiger partial charge on any atom is -0.308 e. The summed E-state index contributed by atoms with van der Waals surface area (Å²) in [5.74, 6) is 2.56. The zero-order valence-electron chi connectivity index (χ0n) is 10.6. The lowest BCUT2D eigenvalue weighted by Gasteiger charge is -2.09. The Hall–Kier alpha value is -2.73. The van der Waals surface area contributed by atoms with Crippen LogP contribution >= 0.6 is 0 Å². The molecular weight excluding hydrogens is 236 g/mol. The highest BCUT2D eigenvalue weighted by molar-refractivity contribution is 6.00. The molecule has 0 aromatic heterocycles. The average molecular weight is 250 g/mol. The van der Waals surface area contributed by atoms with Gasteiger partial charge in [0.2, 0.25) is 0 Å². The van der Waals surface area contributed by atoms with Gasteiger partial charge in [0.25, 0.3) is 0 Å². The summed E-state index contributed by atoms with van der Waals surface area (Å²) in [5, 5.41) is 5.48. The molecular formula is C16H14N2O. The molecule has 2 N–H and O–H groups in total. The van der Waals surface area contributed by atoms with E-state index in [0.717, 1.165) is 11.3 Å². The monoisotopic (exact) mass is 250 g/mol. The molecule has 0 aliphatic heterocycles. The number of hydrogen-bond donors (Lipinski definition) is 2. The molecule has 0 atom stereocenters. The van der Waals surface area contributed by atoms with Crippen molar-refractivity contribution < 1.29 is 4.79 Å². The highest BCUT2D eigenvalue weighted by Gasteiger charge is 2.05. The van der Waals surface area contributed by atoms with E-state index < -0.39 is 0 Å². The second kappa shape index (κ2) is 5.74. The molecule has 0 saturated carbocycles. The van der Waals surface area contributed by atoms with Gasteiger partial charge in [-0.1, -0.05) is 30.2 Å². The van der Waals surface area contributed by atoms with Gasteiger partial charge in [0, 0.05) is 11.3 Å². The Balaban J connectivity index is 2.10. The van der Waals surface area contributed by atoms with E-state index in [0.29, 0.717) is 11.3 Å². The van der Waals surface area contributed by atoms with Gasteiger partial charge in [-0.05, 0) is 36.8 Å². The van der Waals surface area contributed by atoms with Crippen molar-refractivity contribution in [3.8, 4) is 12.3 Å². The Kier molecular flexibility index (Phi) is 3.84. The van der Waals surface area contributed by atoms with Crippen LogP contribution in [0.15, 0.2) is 48.5 Å². The lowest BCUT2D eigenvalue weighted by molar-refractivity contribution is 0.262. The second-order valence-electron chi connectivity index (χ2n) is 4.14. The lowest BCUT2D eigenvalue weighted by Crippen LogP contribution is -2.19. The molecule has 3 heteroatoms. The molecule has 94 valence electrons. The smallest absolute Gasteiger partial charge is 0.308 e. The number of nitrogens with one attached hydrogen (secondary N) is 2. The number of carbonyl (C=O) groups excluding carboxylic acids is 1. The van der Waals surface area contributed by atoms with Gasteiger partial charge < -0.3 is 10.6 Å². The topological polar surface area (TPSA) is 41.1 Å². The molecule has 3 nitrogen and oxygen atoms in total. The van der Waals surface area contributed by atoms with Crippen LogP contribution in [0.5, 0.6) is 0 Å². The van der Waals surface area contributed by atoms with Crippen molar-refractivity contribution in [2.24, 2.45) is 0 Å². The number of aryl methyl sites for hydroxylation is 1. The number of terminal acetylenes is 1. The lowest BCUT2D eigenvalue weighted by atomic mass is 10.1. The molecule has 0 saturated heterocycles. The summed E-state index contributed by atoms with van der Waals surface area (Å²) >= 11 is 0. The van der Waals surface area contributed by atoms with Crippen LogP contribution in [0.3, 0.4) is 0 Å². The van der Waals surface area contributed by atoms with Gasteiger partial charge in [-0.2, -0.15) is 0 Å². The van der Waals surface area contributed by atoms with Crippen LogP contribution < -0.4 is 10.6 Å². The van der Waals surface area contributed by atoms with Crippen molar-refractivity contribution >= 4 is 17.4 Å². The Morgan fingerprint density at radius 3 is 2.53 bits per heavy atom. The maximum atomic E-state index is 11.8. The Morgan fingerprint density at radius 2 is 1.84 bits per heavy atom. The van der Waals surface area contributed by atoms with Gasteiger partial charge in [0.05, 0.1) is 5.69 Å². The van der Waals surface area contributed by atoms with Crippen LogP contribution in [0.25, 0.3) is 0 Å². The first-order chi connectivity index (χ1) is 9.19. The molecule has 2 amide bonds. The third-order valence-corrected chi connectivity index (χ3v) is 2.61. The predicted molar refractivity (Wildman–Crippen MR) is 78.2 cm³/mol. The molecule has 0 fully saturated rings. The third-order valence-electron chi connectivity index (χ3n) is 2.61. The van der Waals surface area contributed by atoms with Crippen LogP contribution in [-0.4, -0.2) is 6.03 Å². The average Bonchev–Trinajstić information content (AvgIpc) is 2.42. The fraction of sp³-hybridized carbons (Fsp3) is 0.0625. The van der Waals surface area contributed by atoms with Gasteiger partial charge in [-0.25, -0.2) is 4.79 Å². The maximum absolute atomic E-state index is 11.8. The Labute approximate surface area is 112 Å². The highest BCUT2D eigenvalue weighted by atomic mass is 16.2. The fourth-order valence-corrected chi connectivity index (χ4v) is 1.69. The first-order valence-corrected chi connectivity index (χ1v) is 5.89. The predicted octanol–water partition coefficient (Wildman–Crippen LogP) is 3.62. The zero-order valence-corrected chi connectivity index (χ0v) is 10.6. The van der Waals surface area contributed by atoms with Crippen molar-refractivity contribution in [3.05, 3.63) is 59.7 Å². The van der Waals surface area contributed by atoms with Gasteiger partial charge in [0.1, 0.15) is 0 Å². The van der Waals surface area contributed by atoms with E-state index in [9.17, 15) is 4.79 Å². The van der Waals surface area contributed by atoms with Crippen LogP contribution in [0, 0.1) is 19.3 Å². The van der Waals surface area contributed by atoms with Crippen molar-refractivity contribution in [2.45, 2.75) is 6.92 Å². The largest absolute Gasteiger partial charge is 0.323 e. The first kappa shape index (κ1) is 12.7. The van der Waals surface area contributed by atoms with E-state index in [-0.39, 0.29) is 6.03 Å². The SMILES string of the molecule is C#Cc1cc(C)ccc1NC(=O)Nc1ccccc1. The number of amides is 2. The maximum Gasteiger partial charge on any atom is 0.323 e. The van der Waals surface area contributed by atoms with E-state index in [2.05, 4.69) is 16.6 Å². The molecule has 2 aromatic carbocycles. The normalized spacial score (nSPS) is 9.47. The van der Waals surface area contributed by atoms with Gasteiger partial charge >= 0.3 is 6.03 Å². The molecule has 0 heterocycles. The molecule has 0 aliphatic carbocycles. The number of anilines is 2. The standard InChI is InChI=1S/C16H14N2O/c1-3-13-11-12(2)9-10-15(13)18-16(19)17-14-7-5-4-6-8-14/h1,4-11H,2H3,(H2,17,18,19). The van der Waals surface area contributed by atoms with Crippen LogP contribution in [0.1, 0.15) is 11.1 Å². The van der Waals surface area contributed by atoms with E-state index in [1.807, 2.05) is 49.4 Å². The summed E-state index contributed by atoms with van der Waals surface area (Å²) in [7, 11) is 0. The molecule has 2 aromatic rings. The highest BCUT2D eigenvalue weighted by Crippen LogP contribution is 2.16. The van der Waals surface area contributed by atoms with Gasteiger partial charge in [-0.3, -0.25) is 0 Å². The summed E-state index contributed by atoms with van der Waals surface area (Å²) in [4.78, 5) is 11.8. The molecule has 2 rings (SSSR count). The molecule has 19 heavy (non-hydrogen) atoms. The summed E-state index contributed by atoms with van der Waals surface area (Å²) in [6.07, 6.45) is 5.43. The van der Waals surface area contributed by atoms with Crippen LogP contribution in [0.2, 0.25) is 0 Å². The molecule has 0 spiro atoms. The zero-order chi connectivity index (χ0) is 13.7. The molecule has 0 unspecified atom stereocenters. The van der Waals surface area contributed by atoms with Crippen LogP contribution in [0.4, 0.5) is 16.2 Å². The Bertz CT molecular complexity index is 627. The number of benzene rings is 2. The number of rotatable bonds is 2. The number of para-hydroxylation sites is 1. The van der Waals surface area contributed by atoms with Crippen molar-refractivity contribution in [1.82, 2.24) is 0 Å². The minimum absolute atomic E-state index is 0.313. The summed E-state index contributed by atoms with van der Waals surface area (Å²) in [6, 6.07) is 14.5. The molecule has 0 aliphatic rings. The quantitative estimate of drug-likeness (QED) is 0.785. The summed E-state index contributed by atoms with van der Waals surface area (Å²) in [6.45, 7) is 1.95. The van der Waals surface area contributed by atoms with Gasteiger partial charge in [0.15, 0.2) is 0 Å². The summed E-state index contributed by atoms with van der Waals surface area (Å²) in [5.41, 5.74) is 3.08. The number of hydrogen-bond acceptors (Lipinski definition) is 1. The van der Waals surface area contributed by atoms with Crippen molar-refractivity contribution in [2.75, 3.05) is 10.6 Å². The second-order valence-corrected chi connectivity index (χ2v) is 4.14.